The summed E-state index contributed by atoms with van der Waals surface area (Å²) in [6.07, 6.45) is 0.161. The molecule has 0 saturated carbocycles. The van der Waals surface area contributed by atoms with Crippen molar-refractivity contribution in [1.82, 2.24) is 5.32 Å². The van der Waals surface area contributed by atoms with E-state index in [2.05, 4.69) is 10.1 Å². The standard InChI is InChI=1S/C8H17NO5S/c1-6(15(3,12)13)8(11)9-4-7(10)5-14-2/h6-7,10H,4-5H2,1-3H3,(H,9,11). The van der Waals surface area contributed by atoms with E-state index in [1.807, 2.05) is 0 Å². The molecule has 15 heavy (non-hydrogen) atoms. The number of aliphatic hydroxyl groups is 1. The molecule has 1 amide bonds. The summed E-state index contributed by atoms with van der Waals surface area (Å²) in [7, 11) is -1.97. The van der Waals surface area contributed by atoms with Crippen molar-refractivity contribution in [2.75, 3.05) is 26.5 Å². The van der Waals surface area contributed by atoms with E-state index < -0.39 is 27.1 Å². The molecule has 2 unspecified atom stereocenters. The van der Waals surface area contributed by atoms with Crippen LogP contribution in [-0.2, 0) is 19.4 Å². The summed E-state index contributed by atoms with van der Waals surface area (Å²) in [4.78, 5) is 11.3. The summed E-state index contributed by atoms with van der Waals surface area (Å²) in [6, 6.07) is 0. The molecule has 0 aliphatic carbocycles. The molecule has 0 rings (SSSR count). The third-order valence-corrected chi connectivity index (χ3v) is 3.38. The fraction of sp³-hybridized carbons (Fsp3) is 0.875. The minimum Gasteiger partial charge on any atom is -0.389 e. The van der Waals surface area contributed by atoms with Crippen molar-refractivity contribution < 1.29 is 23.1 Å². The Kier molecular flexibility index (Phi) is 5.77. The van der Waals surface area contributed by atoms with E-state index in [9.17, 15) is 18.3 Å². The first-order valence-electron chi connectivity index (χ1n) is 4.42. The molecule has 2 atom stereocenters. The summed E-state index contributed by atoms with van der Waals surface area (Å²) in [5.74, 6) is -0.618. The molecular weight excluding hydrogens is 222 g/mol. The highest BCUT2D eigenvalue weighted by Crippen LogP contribution is 1.97. The lowest BCUT2D eigenvalue weighted by Gasteiger charge is -2.13. The lowest BCUT2D eigenvalue weighted by atomic mass is 10.3. The molecule has 0 aliphatic heterocycles. The maximum Gasteiger partial charge on any atom is 0.238 e. The molecule has 0 aromatic rings. The maximum absolute atomic E-state index is 11.3. The first kappa shape index (κ1) is 14.3. The van der Waals surface area contributed by atoms with Crippen molar-refractivity contribution in [2.24, 2.45) is 0 Å². The average molecular weight is 239 g/mol. The molecule has 0 radical (unpaired) electrons. The Labute approximate surface area is 89.5 Å². The summed E-state index contributed by atoms with van der Waals surface area (Å²) < 4.78 is 26.6. The third kappa shape index (κ3) is 5.71. The van der Waals surface area contributed by atoms with E-state index in [0.29, 0.717) is 0 Å². The van der Waals surface area contributed by atoms with Crippen LogP contribution in [0.4, 0.5) is 0 Å². The normalized spacial score (nSPS) is 15.7. The second-order valence-electron chi connectivity index (χ2n) is 3.33. The number of aliphatic hydroxyl groups excluding tert-OH is 1. The Morgan fingerprint density at radius 2 is 2.07 bits per heavy atom. The van der Waals surface area contributed by atoms with Crippen molar-refractivity contribution in [3.05, 3.63) is 0 Å². The van der Waals surface area contributed by atoms with Crippen molar-refractivity contribution in [3.8, 4) is 0 Å². The summed E-state index contributed by atoms with van der Waals surface area (Å²) in [6.45, 7) is 1.37. The third-order valence-electron chi connectivity index (χ3n) is 1.88. The Balaban J connectivity index is 4.05. The number of carbonyl (C=O) groups excluding carboxylic acids is 1. The molecule has 7 heteroatoms. The van der Waals surface area contributed by atoms with Gasteiger partial charge in [0.05, 0.1) is 12.7 Å². The molecule has 0 aliphatic rings. The number of carbonyl (C=O) groups is 1. The van der Waals surface area contributed by atoms with Gasteiger partial charge in [0, 0.05) is 19.9 Å². The fourth-order valence-corrected chi connectivity index (χ4v) is 1.28. The molecule has 0 saturated heterocycles. The topological polar surface area (TPSA) is 92.7 Å². The molecule has 6 nitrogen and oxygen atoms in total. The molecule has 0 spiro atoms. The van der Waals surface area contributed by atoms with Crippen LogP contribution in [0.1, 0.15) is 6.92 Å². The molecule has 0 heterocycles. The number of hydrogen-bond acceptors (Lipinski definition) is 5. The molecule has 2 N–H and O–H groups in total. The van der Waals surface area contributed by atoms with E-state index >= 15 is 0 Å². The smallest absolute Gasteiger partial charge is 0.238 e. The van der Waals surface area contributed by atoms with Crippen molar-refractivity contribution in [1.29, 1.82) is 0 Å². The van der Waals surface area contributed by atoms with Crippen LogP contribution < -0.4 is 5.32 Å². The number of rotatable bonds is 6. The SMILES string of the molecule is COCC(O)CNC(=O)C(C)S(C)(=O)=O. The Morgan fingerprint density at radius 3 is 2.47 bits per heavy atom. The number of ether oxygens (including phenoxy) is 1. The first-order chi connectivity index (χ1) is 6.79. The largest absolute Gasteiger partial charge is 0.389 e. The first-order valence-corrected chi connectivity index (χ1v) is 6.38. The Morgan fingerprint density at radius 1 is 1.53 bits per heavy atom. The van der Waals surface area contributed by atoms with Crippen molar-refractivity contribution in [2.45, 2.75) is 18.3 Å². The number of hydrogen-bond donors (Lipinski definition) is 2. The van der Waals surface area contributed by atoms with Gasteiger partial charge in [0.15, 0.2) is 9.84 Å². The second kappa shape index (κ2) is 6.04. The van der Waals surface area contributed by atoms with Crippen LogP contribution in [-0.4, -0.2) is 57.3 Å². The molecule has 0 bridgehead atoms. The van der Waals surface area contributed by atoms with Gasteiger partial charge in [0.25, 0.3) is 0 Å². The van der Waals surface area contributed by atoms with Crippen LogP contribution in [0.25, 0.3) is 0 Å². The van der Waals surface area contributed by atoms with Gasteiger partial charge in [-0.25, -0.2) is 8.42 Å². The Hall–Kier alpha value is -0.660. The van der Waals surface area contributed by atoms with Gasteiger partial charge < -0.3 is 15.2 Å². The van der Waals surface area contributed by atoms with Crippen LogP contribution in [0, 0.1) is 0 Å². The van der Waals surface area contributed by atoms with Gasteiger partial charge in [-0.3, -0.25) is 4.79 Å². The summed E-state index contributed by atoms with van der Waals surface area (Å²) in [5, 5.41) is 10.4. The van der Waals surface area contributed by atoms with Crippen molar-refractivity contribution in [3.63, 3.8) is 0 Å². The van der Waals surface area contributed by atoms with Gasteiger partial charge in [-0.1, -0.05) is 0 Å². The molecular formula is C8H17NO5S. The average Bonchev–Trinajstić information content (AvgIpc) is 2.12. The van der Waals surface area contributed by atoms with E-state index in [1.165, 1.54) is 14.0 Å². The number of nitrogens with one attached hydrogen (secondary N) is 1. The lowest BCUT2D eigenvalue weighted by molar-refractivity contribution is -0.121. The van der Waals surface area contributed by atoms with E-state index in [0.717, 1.165) is 6.26 Å². The molecule has 0 fully saturated rings. The molecule has 0 aromatic carbocycles. The number of amides is 1. The second-order valence-corrected chi connectivity index (χ2v) is 5.69. The minimum absolute atomic E-state index is 0.0213. The minimum atomic E-state index is -3.39. The zero-order valence-electron chi connectivity index (χ0n) is 9.06. The van der Waals surface area contributed by atoms with Crippen LogP contribution in [0.3, 0.4) is 0 Å². The van der Waals surface area contributed by atoms with E-state index in [4.69, 9.17) is 0 Å². The molecule has 0 aromatic heterocycles. The van der Waals surface area contributed by atoms with Gasteiger partial charge in [0.1, 0.15) is 5.25 Å². The van der Waals surface area contributed by atoms with Gasteiger partial charge in [-0.15, -0.1) is 0 Å². The molecule has 90 valence electrons. The van der Waals surface area contributed by atoms with Gasteiger partial charge in [-0.05, 0) is 6.92 Å². The predicted molar refractivity (Wildman–Crippen MR) is 55.2 cm³/mol. The highest BCUT2D eigenvalue weighted by molar-refractivity contribution is 7.92. The summed E-state index contributed by atoms with van der Waals surface area (Å²) in [5.41, 5.74) is 0. The van der Waals surface area contributed by atoms with E-state index in [-0.39, 0.29) is 13.2 Å². The highest BCUT2D eigenvalue weighted by atomic mass is 32.2. The van der Waals surface area contributed by atoms with Gasteiger partial charge in [-0.2, -0.15) is 0 Å². The maximum atomic E-state index is 11.3. The van der Waals surface area contributed by atoms with E-state index in [1.54, 1.807) is 0 Å². The lowest BCUT2D eigenvalue weighted by Crippen LogP contribution is -2.41. The van der Waals surface area contributed by atoms with Gasteiger partial charge in [0.2, 0.25) is 5.91 Å². The van der Waals surface area contributed by atoms with Crippen LogP contribution in [0.15, 0.2) is 0 Å². The zero-order valence-corrected chi connectivity index (χ0v) is 9.87. The monoisotopic (exact) mass is 239 g/mol. The predicted octanol–water partition coefficient (Wildman–Crippen LogP) is -1.46. The fourth-order valence-electron chi connectivity index (χ4n) is 0.808. The van der Waals surface area contributed by atoms with Crippen molar-refractivity contribution >= 4 is 15.7 Å². The summed E-state index contributed by atoms with van der Waals surface area (Å²) >= 11 is 0. The van der Waals surface area contributed by atoms with Crippen LogP contribution >= 0.6 is 0 Å². The zero-order chi connectivity index (χ0) is 12.1. The number of sulfone groups is 1. The van der Waals surface area contributed by atoms with Crippen LogP contribution in [0.2, 0.25) is 0 Å². The van der Waals surface area contributed by atoms with Gasteiger partial charge >= 0.3 is 0 Å². The Bertz CT molecular complexity index is 300. The number of methoxy groups -OCH3 is 1. The highest BCUT2D eigenvalue weighted by Gasteiger charge is 2.23. The van der Waals surface area contributed by atoms with Crippen LogP contribution in [0.5, 0.6) is 0 Å². The quantitative estimate of drug-likeness (QED) is 0.591.